The van der Waals surface area contributed by atoms with Crippen LogP contribution >= 0.6 is 0 Å². The summed E-state index contributed by atoms with van der Waals surface area (Å²) in [5, 5.41) is 10.3. The molecule has 0 amide bonds. The molecule has 1 aliphatic heterocycles. The number of rotatable bonds is 6. The second-order valence-corrected chi connectivity index (χ2v) is 6.10. The Kier molecular flexibility index (Phi) is 6.18. The molecule has 118 valence electrons. The summed E-state index contributed by atoms with van der Waals surface area (Å²) in [5.74, 6) is 0. The highest BCUT2D eigenvalue weighted by molar-refractivity contribution is 5.24. The first-order valence-electron chi connectivity index (χ1n) is 7.81. The number of β-amino-alcohol motifs (C(OH)–C–C–N with tert-alkyl or cyclic N) is 1. The van der Waals surface area contributed by atoms with E-state index in [0.29, 0.717) is 12.6 Å². The molecule has 21 heavy (non-hydrogen) atoms. The van der Waals surface area contributed by atoms with Crippen molar-refractivity contribution in [2.45, 2.75) is 26.0 Å². The van der Waals surface area contributed by atoms with Gasteiger partial charge in [-0.1, -0.05) is 29.8 Å². The second-order valence-electron chi connectivity index (χ2n) is 6.10. The number of morpholine rings is 1. The van der Waals surface area contributed by atoms with Crippen LogP contribution in [0.4, 0.5) is 0 Å². The Morgan fingerprint density at radius 1 is 1.33 bits per heavy atom. The molecule has 1 aliphatic rings. The quantitative estimate of drug-likeness (QED) is 0.865. The van der Waals surface area contributed by atoms with Crippen LogP contribution in [0.15, 0.2) is 24.3 Å². The molecule has 0 saturated carbocycles. The molecule has 4 heteroatoms. The number of hydrogen-bond acceptors (Lipinski definition) is 4. The van der Waals surface area contributed by atoms with E-state index in [4.69, 9.17) is 4.74 Å². The SMILES string of the molecule is Cc1cccc(C(C)N(C)CC(O)CN2CCOCC2)c1. The van der Waals surface area contributed by atoms with Gasteiger partial charge in [-0.25, -0.2) is 0 Å². The number of aliphatic hydroxyl groups excluding tert-OH is 1. The molecule has 1 aromatic rings. The van der Waals surface area contributed by atoms with E-state index in [0.717, 1.165) is 32.8 Å². The average Bonchev–Trinajstić information content (AvgIpc) is 2.47. The molecule has 2 rings (SSSR count). The van der Waals surface area contributed by atoms with E-state index in [1.54, 1.807) is 0 Å². The van der Waals surface area contributed by atoms with Crippen LogP contribution in [-0.2, 0) is 4.74 Å². The third-order valence-electron chi connectivity index (χ3n) is 4.26. The number of aryl methyl sites for hydroxylation is 1. The van der Waals surface area contributed by atoms with Crippen LogP contribution in [0.25, 0.3) is 0 Å². The summed E-state index contributed by atoms with van der Waals surface area (Å²) < 4.78 is 5.34. The molecule has 0 aliphatic carbocycles. The smallest absolute Gasteiger partial charge is 0.0793 e. The molecule has 1 saturated heterocycles. The third-order valence-corrected chi connectivity index (χ3v) is 4.26. The van der Waals surface area contributed by atoms with E-state index >= 15 is 0 Å². The van der Waals surface area contributed by atoms with Gasteiger partial charge in [-0.2, -0.15) is 0 Å². The standard InChI is InChI=1S/C17H28N2O2/c1-14-5-4-6-16(11-14)15(2)18(3)12-17(20)13-19-7-9-21-10-8-19/h4-6,11,15,17,20H,7-10,12-13H2,1-3H3. The molecular formula is C17H28N2O2. The van der Waals surface area contributed by atoms with Crippen LogP contribution in [0.2, 0.25) is 0 Å². The Balaban J connectivity index is 1.83. The number of likely N-dealkylation sites (N-methyl/N-ethyl adjacent to an activating group) is 1. The van der Waals surface area contributed by atoms with Gasteiger partial charge in [-0.3, -0.25) is 9.80 Å². The average molecular weight is 292 g/mol. The van der Waals surface area contributed by atoms with Crippen molar-refractivity contribution in [3.05, 3.63) is 35.4 Å². The van der Waals surface area contributed by atoms with Gasteiger partial charge in [0.2, 0.25) is 0 Å². The predicted molar refractivity (Wildman–Crippen MR) is 85.5 cm³/mol. The van der Waals surface area contributed by atoms with Crippen LogP contribution in [0, 0.1) is 6.92 Å². The maximum atomic E-state index is 10.3. The molecule has 1 N–H and O–H groups in total. The van der Waals surface area contributed by atoms with Gasteiger partial charge in [0.05, 0.1) is 19.3 Å². The zero-order valence-corrected chi connectivity index (χ0v) is 13.5. The zero-order valence-electron chi connectivity index (χ0n) is 13.5. The van der Waals surface area contributed by atoms with Crippen molar-refractivity contribution in [1.29, 1.82) is 0 Å². The van der Waals surface area contributed by atoms with Crippen molar-refractivity contribution in [2.24, 2.45) is 0 Å². The monoisotopic (exact) mass is 292 g/mol. The lowest BCUT2D eigenvalue weighted by Crippen LogP contribution is -2.44. The molecule has 0 bridgehead atoms. The van der Waals surface area contributed by atoms with Gasteiger partial charge in [0.15, 0.2) is 0 Å². The van der Waals surface area contributed by atoms with Gasteiger partial charge >= 0.3 is 0 Å². The number of aliphatic hydroxyl groups is 1. The van der Waals surface area contributed by atoms with E-state index in [1.807, 2.05) is 0 Å². The summed E-state index contributed by atoms with van der Waals surface area (Å²) in [5.41, 5.74) is 2.58. The van der Waals surface area contributed by atoms with E-state index in [9.17, 15) is 5.11 Å². The lowest BCUT2D eigenvalue weighted by Gasteiger charge is -2.32. The Morgan fingerprint density at radius 3 is 2.71 bits per heavy atom. The Hall–Kier alpha value is -0.940. The van der Waals surface area contributed by atoms with E-state index in [-0.39, 0.29) is 6.10 Å². The van der Waals surface area contributed by atoms with Crippen molar-refractivity contribution in [1.82, 2.24) is 9.80 Å². The normalized spacial score (nSPS) is 19.7. The number of hydrogen-bond donors (Lipinski definition) is 1. The first kappa shape index (κ1) is 16.4. The van der Waals surface area contributed by atoms with Crippen LogP contribution < -0.4 is 0 Å². The molecule has 1 heterocycles. The van der Waals surface area contributed by atoms with Crippen LogP contribution in [0.1, 0.15) is 24.1 Å². The minimum Gasteiger partial charge on any atom is -0.390 e. The summed E-state index contributed by atoms with van der Waals surface area (Å²) in [6.07, 6.45) is -0.319. The molecule has 1 fully saturated rings. The van der Waals surface area contributed by atoms with Gasteiger partial charge in [0.25, 0.3) is 0 Å². The summed E-state index contributed by atoms with van der Waals surface area (Å²) in [7, 11) is 2.08. The van der Waals surface area contributed by atoms with Crippen molar-refractivity contribution in [2.75, 3.05) is 46.4 Å². The first-order chi connectivity index (χ1) is 10.1. The summed E-state index contributed by atoms with van der Waals surface area (Å²) >= 11 is 0. The Bertz CT molecular complexity index is 433. The number of ether oxygens (including phenoxy) is 1. The van der Waals surface area contributed by atoms with Gasteiger partial charge in [0, 0.05) is 32.2 Å². The molecular weight excluding hydrogens is 264 g/mol. The molecule has 4 nitrogen and oxygen atoms in total. The maximum absolute atomic E-state index is 10.3. The van der Waals surface area contributed by atoms with Crippen LogP contribution in [0.3, 0.4) is 0 Å². The van der Waals surface area contributed by atoms with Crippen molar-refractivity contribution in [3.63, 3.8) is 0 Å². The van der Waals surface area contributed by atoms with Crippen molar-refractivity contribution >= 4 is 0 Å². The third kappa shape index (κ3) is 5.08. The fourth-order valence-electron chi connectivity index (χ4n) is 2.81. The maximum Gasteiger partial charge on any atom is 0.0793 e. The fourth-order valence-corrected chi connectivity index (χ4v) is 2.81. The highest BCUT2D eigenvalue weighted by Crippen LogP contribution is 2.19. The van der Waals surface area contributed by atoms with Gasteiger partial charge in [-0.05, 0) is 26.5 Å². The van der Waals surface area contributed by atoms with E-state index in [2.05, 4.69) is 55.0 Å². The summed E-state index contributed by atoms with van der Waals surface area (Å²) in [6, 6.07) is 8.89. The van der Waals surface area contributed by atoms with E-state index in [1.165, 1.54) is 11.1 Å². The zero-order chi connectivity index (χ0) is 15.2. The molecule has 0 radical (unpaired) electrons. The molecule has 0 aromatic heterocycles. The van der Waals surface area contributed by atoms with Gasteiger partial charge in [-0.15, -0.1) is 0 Å². The Morgan fingerprint density at radius 2 is 2.05 bits per heavy atom. The summed E-state index contributed by atoms with van der Waals surface area (Å²) in [4.78, 5) is 4.50. The number of benzene rings is 1. The first-order valence-corrected chi connectivity index (χ1v) is 7.81. The second kappa shape index (κ2) is 7.90. The Labute approximate surface area is 128 Å². The highest BCUT2D eigenvalue weighted by atomic mass is 16.5. The minimum atomic E-state index is -0.319. The lowest BCUT2D eigenvalue weighted by molar-refractivity contribution is 0.00626. The van der Waals surface area contributed by atoms with Crippen LogP contribution in [-0.4, -0.2) is 67.5 Å². The topological polar surface area (TPSA) is 35.9 Å². The molecule has 2 unspecified atom stereocenters. The molecule has 2 atom stereocenters. The molecule has 1 aromatic carbocycles. The molecule has 0 spiro atoms. The van der Waals surface area contributed by atoms with Crippen LogP contribution in [0.5, 0.6) is 0 Å². The minimum absolute atomic E-state index is 0.309. The largest absolute Gasteiger partial charge is 0.390 e. The fraction of sp³-hybridized carbons (Fsp3) is 0.647. The summed E-state index contributed by atoms with van der Waals surface area (Å²) in [6.45, 7) is 9.13. The highest BCUT2D eigenvalue weighted by Gasteiger charge is 2.19. The predicted octanol–water partition coefficient (Wildman–Crippen LogP) is 1.68. The van der Waals surface area contributed by atoms with E-state index < -0.39 is 0 Å². The lowest BCUT2D eigenvalue weighted by atomic mass is 10.0. The van der Waals surface area contributed by atoms with Crippen molar-refractivity contribution < 1.29 is 9.84 Å². The number of nitrogens with zero attached hydrogens (tertiary/aromatic N) is 2. The van der Waals surface area contributed by atoms with Crippen molar-refractivity contribution in [3.8, 4) is 0 Å². The van der Waals surface area contributed by atoms with Gasteiger partial charge in [0.1, 0.15) is 0 Å². The van der Waals surface area contributed by atoms with Gasteiger partial charge < -0.3 is 9.84 Å².